The van der Waals surface area contributed by atoms with Gasteiger partial charge in [-0.2, -0.15) is 0 Å². The van der Waals surface area contributed by atoms with E-state index >= 15 is 0 Å². The van der Waals surface area contributed by atoms with E-state index in [2.05, 4.69) is 71.7 Å². The third-order valence-corrected chi connectivity index (χ3v) is 4.47. The van der Waals surface area contributed by atoms with Crippen molar-refractivity contribution in [3.05, 3.63) is 79.0 Å². The van der Waals surface area contributed by atoms with E-state index < -0.39 is 0 Å². The first-order valence-corrected chi connectivity index (χ1v) is 7.50. The van der Waals surface area contributed by atoms with Crippen molar-refractivity contribution in [2.45, 2.75) is 0 Å². The van der Waals surface area contributed by atoms with E-state index in [0.717, 1.165) is 5.52 Å². The highest BCUT2D eigenvalue weighted by Crippen LogP contribution is 2.36. The van der Waals surface area contributed by atoms with Crippen molar-refractivity contribution in [1.82, 2.24) is 4.98 Å². The molecule has 0 aliphatic heterocycles. The van der Waals surface area contributed by atoms with Gasteiger partial charge in [0.15, 0.2) is 0 Å². The van der Waals surface area contributed by atoms with Gasteiger partial charge in [-0.25, -0.2) is 0 Å². The molecule has 0 saturated carbocycles. The van der Waals surface area contributed by atoms with Crippen LogP contribution in [0.2, 0.25) is 0 Å². The van der Waals surface area contributed by atoms with Crippen LogP contribution in [0, 0.1) is 0 Å². The van der Waals surface area contributed by atoms with Gasteiger partial charge in [0.2, 0.25) is 0 Å². The fourth-order valence-corrected chi connectivity index (χ4v) is 3.47. The lowest BCUT2D eigenvalue weighted by Crippen LogP contribution is -1.85. The number of hydrogen-bond acceptors (Lipinski definition) is 1. The molecule has 0 atom stereocenters. The molecule has 0 N–H and O–H groups in total. The van der Waals surface area contributed by atoms with Crippen molar-refractivity contribution in [2.24, 2.45) is 0 Å². The van der Waals surface area contributed by atoms with Crippen LogP contribution >= 0.6 is 0 Å². The number of fused-ring (bicyclic) bond motifs is 7. The number of benzene rings is 4. The Kier molecular flexibility index (Phi) is 2.28. The van der Waals surface area contributed by atoms with Gasteiger partial charge in [0.05, 0.1) is 5.52 Å². The maximum absolute atomic E-state index is 4.52. The second-order valence-corrected chi connectivity index (χ2v) is 5.69. The van der Waals surface area contributed by atoms with Crippen LogP contribution < -0.4 is 0 Å². The van der Waals surface area contributed by atoms with E-state index in [0.29, 0.717) is 0 Å². The zero-order chi connectivity index (χ0) is 14.5. The summed E-state index contributed by atoms with van der Waals surface area (Å²) in [5, 5.41) is 8.99. The lowest BCUT2D eigenvalue weighted by molar-refractivity contribution is 1.42. The van der Waals surface area contributed by atoms with Gasteiger partial charge in [0.25, 0.3) is 0 Å². The van der Waals surface area contributed by atoms with Crippen molar-refractivity contribution < 1.29 is 0 Å². The molecule has 1 nitrogen and oxygen atoms in total. The minimum absolute atomic E-state index is 1.05. The monoisotopic (exact) mass is 279 g/mol. The molecule has 0 radical (unpaired) electrons. The van der Waals surface area contributed by atoms with Gasteiger partial charge >= 0.3 is 0 Å². The summed E-state index contributed by atoms with van der Waals surface area (Å²) in [7, 11) is 0. The van der Waals surface area contributed by atoms with Gasteiger partial charge in [-0.05, 0) is 50.5 Å². The molecule has 22 heavy (non-hydrogen) atoms. The highest BCUT2D eigenvalue weighted by Gasteiger charge is 2.09. The number of rotatable bonds is 0. The topological polar surface area (TPSA) is 12.9 Å². The first-order chi connectivity index (χ1) is 10.9. The molecule has 0 amide bonds. The predicted octanol–water partition coefficient (Wildman–Crippen LogP) is 5.69. The molecule has 1 heteroatoms. The van der Waals surface area contributed by atoms with Crippen LogP contribution in [-0.2, 0) is 0 Å². The third-order valence-electron chi connectivity index (χ3n) is 4.47. The fraction of sp³-hybridized carbons (Fsp3) is 0. The largest absolute Gasteiger partial charge is 0.256 e. The highest BCUT2D eigenvalue weighted by molar-refractivity contribution is 6.26. The standard InChI is InChI=1S/C21H13N/c1-3-9-17-15(7-1)16-8-2-4-10-18(16)20-13-21-14(12-19(17)20)6-5-11-22-21/h1-13H. The molecule has 0 spiro atoms. The van der Waals surface area contributed by atoms with E-state index in [1.807, 2.05) is 12.3 Å². The molecule has 1 heterocycles. The van der Waals surface area contributed by atoms with E-state index in [9.17, 15) is 0 Å². The molecule has 4 aromatic carbocycles. The van der Waals surface area contributed by atoms with Gasteiger partial charge in [0, 0.05) is 11.6 Å². The Bertz CT molecular complexity index is 1080. The van der Waals surface area contributed by atoms with E-state index in [1.165, 1.54) is 37.7 Å². The molecule has 0 aliphatic rings. The number of nitrogens with zero attached hydrogens (tertiary/aromatic N) is 1. The Morgan fingerprint density at radius 3 is 1.68 bits per heavy atom. The van der Waals surface area contributed by atoms with Gasteiger partial charge in [-0.15, -0.1) is 0 Å². The SMILES string of the molecule is c1cnc2cc3c4ccccc4c4ccccc4c3cc2c1. The van der Waals surface area contributed by atoms with E-state index in [4.69, 9.17) is 0 Å². The molecule has 0 saturated heterocycles. The summed E-state index contributed by atoms with van der Waals surface area (Å²) in [6, 6.07) is 25.9. The maximum atomic E-state index is 4.52. The summed E-state index contributed by atoms with van der Waals surface area (Å²) in [5.41, 5.74) is 1.05. The quantitative estimate of drug-likeness (QED) is 0.262. The van der Waals surface area contributed by atoms with Crippen LogP contribution in [0.5, 0.6) is 0 Å². The third kappa shape index (κ3) is 1.51. The average Bonchev–Trinajstić information content (AvgIpc) is 2.61. The average molecular weight is 279 g/mol. The Morgan fingerprint density at radius 1 is 0.500 bits per heavy atom. The number of pyridine rings is 1. The summed E-state index contributed by atoms with van der Waals surface area (Å²) in [4.78, 5) is 4.52. The van der Waals surface area contributed by atoms with Gasteiger partial charge in [0.1, 0.15) is 0 Å². The van der Waals surface area contributed by atoms with Crippen molar-refractivity contribution in [1.29, 1.82) is 0 Å². The molecular formula is C21H13N. The molecule has 0 bridgehead atoms. The lowest BCUT2D eigenvalue weighted by Gasteiger charge is -2.11. The zero-order valence-corrected chi connectivity index (χ0v) is 12.0. The van der Waals surface area contributed by atoms with Crippen LogP contribution in [0.4, 0.5) is 0 Å². The zero-order valence-electron chi connectivity index (χ0n) is 12.0. The molecule has 102 valence electrons. The minimum Gasteiger partial charge on any atom is -0.256 e. The lowest BCUT2D eigenvalue weighted by atomic mass is 9.93. The van der Waals surface area contributed by atoms with Crippen LogP contribution in [0.15, 0.2) is 79.0 Å². The first-order valence-electron chi connectivity index (χ1n) is 7.50. The molecule has 0 unspecified atom stereocenters. The van der Waals surface area contributed by atoms with Crippen LogP contribution in [0.25, 0.3) is 43.2 Å². The van der Waals surface area contributed by atoms with Gasteiger partial charge in [-0.1, -0.05) is 54.6 Å². The highest BCUT2D eigenvalue weighted by atomic mass is 14.6. The molecular weight excluding hydrogens is 266 g/mol. The Hall–Kier alpha value is -2.93. The molecule has 1 aromatic heterocycles. The summed E-state index contributed by atoms with van der Waals surface area (Å²) < 4.78 is 0. The number of aromatic nitrogens is 1. The normalized spacial score (nSPS) is 11.6. The van der Waals surface area contributed by atoms with Gasteiger partial charge in [-0.3, -0.25) is 4.98 Å². The van der Waals surface area contributed by atoms with Gasteiger partial charge < -0.3 is 0 Å². The Morgan fingerprint density at radius 2 is 1.05 bits per heavy atom. The van der Waals surface area contributed by atoms with Crippen molar-refractivity contribution in [3.63, 3.8) is 0 Å². The predicted molar refractivity (Wildman–Crippen MR) is 94.3 cm³/mol. The Labute approximate surface area is 127 Å². The first kappa shape index (κ1) is 11.7. The van der Waals surface area contributed by atoms with Crippen LogP contribution in [0.3, 0.4) is 0 Å². The van der Waals surface area contributed by atoms with Crippen molar-refractivity contribution >= 4 is 43.2 Å². The molecule has 0 fully saturated rings. The molecule has 5 aromatic rings. The summed E-state index contributed by atoms with van der Waals surface area (Å²) in [5.74, 6) is 0. The van der Waals surface area contributed by atoms with Crippen molar-refractivity contribution in [3.8, 4) is 0 Å². The number of hydrogen-bond donors (Lipinski definition) is 0. The second kappa shape index (κ2) is 4.28. The summed E-state index contributed by atoms with van der Waals surface area (Å²) in [6.45, 7) is 0. The summed E-state index contributed by atoms with van der Waals surface area (Å²) >= 11 is 0. The minimum atomic E-state index is 1.05. The fourth-order valence-electron chi connectivity index (χ4n) is 3.47. The molecule has 5 rings (SSSR count). The van der Waals surface area contributed by atoms with Crippen molar-refractivity contribution in [2.75, 3.05) is 0 Å². The Balaban J connectivity index is 2.17. The van der Waals surface area contributed by atoms with E-state index in [1.54, 1.807) is 0 Å². The second-order valence-electron chi connectivity index (χ2n) is 5.69. The smallest absolute Gasteiger partial charge is 0.0708 e. The summed E-state index contributed by atoms with van der Waals surface area (Å²) in [6.07, 6.45) is 1.86. The van der Waals surface area contributed by atoms with E-state index in [-0.39, 0.29) is 0 Å². The van der Waals surface area contributed by atoms with Crippen LogP contribution in [0.1, 0.15) is 0 Å². The maximum Gasteiger partial charge on any atom is 0.0708 e. The molecule has 0 aliphatic carbocycles. The van der Waals surface area contributed by atoms with Crippen LogP contribution in [-0.4, -0.2) is 4.98 Å².